The Hall–Kier alpha value is -2.11. The van der Waals surface area contributed by atoms with Gasteiger partial charge in [0.15, 0.2) is 0 Å². The average molecular weight is 373 g/mol. The molecule has 1 N–H and O–H groups in total. The molecular formula is C21H28FN3O2. The van der Waals surface area contributed by atoms with Gasteiger partial charge in [0, 0.05) is 44.7 Å². The number of urea groups is 1. The summed E-state index contributed by atoms with van der Waals surface area (Å²) < 4.78 is 13.7. The number of hydrogen-bond donors (Lipinski definition) is 1. The summed E-state index contributed by atoms with van der Waals surface area (Å²) in [5.41, 5.74) is 0.673. The van der Waals surface area contributed by atoms with Crippen LogP contribution in [0.1, 0.15) is 44.1 Å². The van der Waals surface area contributed by atoms with Crippen molar-refractivity contribution in [3.63, 3.8) is 0 Å². The molecular weight excluding hydrogens is 345 g/mol. The summed E-state index contributed by atoms with van der Waals surface area (Å²) in [7, 11) is 0. The second-order valence-corrected chi connectivity index (χ2v) is 8.45. The minimum absolute atomic E-state index is 0.130. The lowest BCUT2D eigenvalue weighted by atomic mass is 9.72. The predicted octanol–water partition coefficient (Wildman–Crippen LogP) is 3.15. The molecule has 0 aromatic heterocycles. The Morgan fingerprint density at radius 2 is 1.93 bits per heavy atom. The van der Waals surface area contributed by atoms with Crippen molar-refractivity contribution in [3.8, 4) is 0 Å². The molecule has 1 aromatic carbocycles. The molecule has 146 valence electrons. The molecule has 0 bridgehead atoms. The largest absolute Gasteiger partial charge is 0.342 e. The van der Waals surface area contributed by atoms with Gasteiger partial charge >= 0.3 is 6.03 Å². The zero-order valence-electron chi connectivity index (χ0n) is 15.8. The Morgan fingerprint density at radius 3 is 2.63 bits per heavy atom. The highest BCUT2D eigenvalue weighted by molar-refractivity contribution is 5.77. The van der Waals surface area contributed by atoms with Gasteiger partial charge in [0.25, 0.3) is 0 Å². The van der Waals surface area contributed by atoms with Gasteiger partial charge in [-0.15, -0.1) is 0 Å². The quantitative estimate of drug-likeness (QED) is 0.881. The normalized spacial score (nSPS) is 22.2. The number of hydrogen-bond acceptors (Lipinski definition) is 2. The molecule has 2 aliphatic heterocycles. The first-order valence-electron chi connectivity index (χ1n) is 10.1. The van der Waals surface area contributed by atoms with Crippen LogP contribution in [-0.4, -0.2) is 47.9 Å². The van der Waals surface area contributed by atoms with Gasteiger partial charge in [0.1, 0.15) is 5.82 Å². The standard InChI is InChI=1S/C21H28FN3O2/c22-18-4-2-1-3-17(18)13-23-20(27)24-11-9-21(10-12-24)8-7-19(26)25(15-21)14-16-5-6-16/h1-4,16H,5-15H2,(H,23,27). The van der Waals surface area contributed by atoms with Crippen molar-refractivity contribution < 1.29 is 14.0 Å². The van der Waals surface area contributed by atoms with Gasteiger partial charge in [0.05, 0.1) is 0 Å². The summed E-state index contributed by atoms with van der Waals surface area (Å²) in [4.78, 5) is 28.6. The van der Waals surface area contributed by atoms with Gasteiger partial charge in [-0.2, -0.15) is 0 Å². The van der Waals surface area contributed by atoms with Gasteiger partial charge in [-0.1, -0.05) is 18.2 Å². The second-order valence-electron chi connectivity index (χ2n) is 8.45. The highest BCUT2D eigenvalue weighted by atomic mass is 19.1. The second kappa shape index (κ2) is 7.49. The van der Waals surface area contributed by atoms with Crippen LogP contribution in [-0.2, 0) is 11.3 Å². The summed E-state index contributed by atoms with van der Waals surface area (Å²) in [5, 5.41) is 2.83. The maximum Gasteiger partial charge on any atom is 0.317 e. The third kappa shape index (κ3) is 4.25. The molecule has 1 aliphatic carbocycles. The Balaban J connectivity index is 1.28. The van der Waals surface area contributed by atoms with Crippen molar-refractivity contribution in [3.05, 3.63) is 35.6 Å². The van der Waals surface area contributed by atoms with E-state index in [0.717, 1.165) is 32.4 Å². The zero-order valence-corrected chi connectivity index (χ0v) is 15.8. The van der Waals surface area contributed by atoms with Crippen LogP contribution < -0.4 is 5.32 Å². The van der Waals surface area contributed by atoms with E-state index < -0.39 is 0 Å². The number of rotatable bonds is 4. The molecule has 1 aromatic rings. The van der Waals surface area contributed by atoms with Crippen LogP contribution in [0.2, 0.25) is 0 Å². The van der Waals surface area contributed by atoms with E-state index in [2.05, 4.69) is 10.2 Å². The highest BCUT2D eigenvalue weighted by Gasteiger charge is 2.42. The van der Waals surface area contributed by atoms with Crippen molar-refractivity contribution in [1.82, 2.24) is 15.1 Å². The summed E-state index contributed by atoms with van der Waals surface area (Å²) in [6.07, 6.45) is 5.98. The molecule has 0 unspecified atom stereocenters. The number of benzene rings is 1. The Labute approximate surface area is 159 Å². The minimum atomic E-state index is -0.293. The van der Waals surface area contributed by atoms with E-state index in [4.69, 9.17) is 0 Å². The van der Waals surface area contributed by atoms with E-state index in [-0.39, 0.29) is 23.8 Å². The Kier molecular flexibility index (Phi) is 5.06. The molecule has 3 amide bonds. The third-order valence-electron chi connectivity index (χ3n) is 6.42. The first-order chi connectivity index (χ1) is 13.0. The molecule has 3 fully saturated rings. The van der Waals surface area contributed by atoms with Gasteiger partial charge in [-0.25, -0.2) is 9.18 Å². The molecule has 3 aliphatic rings. The number of carbonyl (C=O) groups is 2. The summed E-state index contributed by atoms with van der Waals surface area (Å²) in [6, 6.07) is 6.38. The fourth-order valence-corrected chi connectivity index (χ4v) is 4.40. The molecule has 4 rings (SSSR count). The van der Waals surface area contributed by atoms with Crippen LogP contribution in [0.4, 0.5) is 9.18 Å². The number of nitrogens with one attached hydrogen (secondary N) is 1. The number of amides is 3. The van der Waals surface area contributed by atoms with Crippen molar-refractivity contribution in [1.29, 1.82) is 0 Å². The monoisotopic (exact) mass is 373 g/mol. The van der Waals surface area contributed by atoms with Crippen molar-refractivity contribution in [2.24, 2.45) is 11.3 Å². The SMILES string of the molecule is O=C1CCC2(CCN(C(=O)NCc3ccccc3F)CC2)CN1CC1CC1. The Morgan fingerprint density at radius 1 is 1.19 bits per heavy atom. The van der Waals surface area contributed by atoms with Crippen LogP contribution in [0.15, 0.2) is 24.3 Å². The van der Waals surface area contributed by atoms with Gasteiger partial charge in [-0.3, -0.25) is 4.79 Å². The summed E-state index contributed by atoms with van der Waals surface area (Å²) >= 11 is 0. The number of piperidine rings is 2. The average Bonchev–Trinajstić information content (AvgIpc) is 3.49. The highest BCUT2D eigenvalue weighted by Crippen LogP contribution is 2.41. The number of halogens is 1. The number of carbonyl (C=O) groups excluding carboxylic acids is 2. The van der Waals surface area contributed by atoms with Crippen LogP contribution >= 0.6 is 0 Å². The molecule has 27 heavy (non-hydrogen) atoms. The topological polar surface area (TPSA) is 52.7 Å². The molecule has 2 saturated heterocycles. The van der Waals surface area contributed by atoms with E-state index in [1.165, 1.54) is 18.9 Å². The molecule has 1 spiro atoms. The van der Waals surface area contributed by atoms with E-state index in [1.807, 2.05) is 4.90 Å². The van der Waals surface area contributed by atoms with Crippen LogP contribution in [0.3, 0.4) is 0 Å². The number of likely N-dealkylation sites (tertiary alicyclic amines) is 2. The molecule has 1 saturated carbocycles. The third-order valence-corrected chi connectivity index (χ3v) is 6.42. The summed E-state index contributed by atoms with van der Waals surface area (Å²) in [6.45, 7) is 3.39. The fourth-order valence-electron chi connectivity index (χ4n) is 4.40. The number of nitrogens with zero attached hydrogens (tertiary/aromatic N) is 2. The molecule has 5 nitrogen and oxygen atoms in total. The molecule has 6 heteroatoms. The van der Waals surface area contributed by atoms with Gasteiger partial charge < -0.3 is 15.1 Å². The predicted molar refractivity (Wildman–Crippen MR) is 100 cm³/mol. The van der Waals surface area contributed by atoms with Gasteiger partial charge in [-0.05, 0) is 49.5 Å². The van der Waals surface area contributed by atoms with Crippen LogP contribution in [0.25, 0.3) is 0 Å². The van der Waals surface area contributed by atoms with E-state index in [0.29, 0.717) is 36.9 Å². The minimum Gasteiger partial charge on any atom is -0.342 e. The lowest BCUT2D eigenvalue weighted by Crippen LogP contribution is -2.54. The first kappa shape index (κ1) is 18.3. The van der Waals surface area contributed by atoms with E-state index in [9.17, 15) is 14.0 Å². The summed E-state index contributed by atoms with van der Waals surface area (Å²) in [5.74, 6) is 0.726. The van der Waals surface area contributed by atoms with Crippen molar-refractivity contribution >= 4 is 11.9 Å². The van der Waals surface area contributed by atoms with E-state index >= 15 is 0 Å². The maximum absolute atomic E-state index is 13.7. The fraction of sp³-hybridized carbons (Fsp3) is 0.619. The maximum atomic E-state index is 13.7. The van der Waals surface area contributed by atoms with Crippen LogP contribution in [0.5, 0.6) is 0 Å². The van der Waals surface area contributed by atoms with Crippen molar-refractivity contribution in [2.45, 2.75) is 45.1 Å². The van der Waals surface area contributed by atoms with Crippen molar-refractivity contribution in [2.75, 3.05) is 26.2 Å². The zero-order chi connectivity index (χ0) is 18.9. The van der Waals surface area contributed by atoms with Crippen LogP contribution in [0, 0.1) is 17.2 Å². The van der Waals surface area contributed by atoms with E-state index in [1.54, 1.807) is 18.2 Å². The van der Waals surface area contributed by atoms with Gasteiger partial charge in [0.2, 0.25) is 5.91 Å². The molecule has 0 atom stereocenters. The lowest BCUT2D eigenvalue weighted by molar-refractivity contribution is -0.139. The first-order valence-corrected chi connectivity index (χ1v) is 10.1. The lowest BCUT2D eigenvalue weighted by Gasteiger charge is -2.47. The Bertz CT molecular complexity index is 711. The smallest absolute Gasteiger partial charge is 0.317 e. The molecule has 2 heterocycles. The molecule has 0 radical (unpaired) electrons.